The first-order valence-corrected chi connectivity index (χ1v) is 24.6. The van der Waals surface area contributed by atoms with Crippen LogP contribution in [0.3, 0.4) is 0 Å². The molecule has 0 aliphatic heterocycles. The first-order chi connectivity index (χ1) is 35.0. The second-order valence-electron chi connectivity index (χ2n) is 18.9. The molecule has 0 radical (unpaired) electrons. The third-order valence-corrected chi connectivity index (χ3v) is 14.2. The quantitative estimate of drug-likeness (QED) is 0.128. The number of benzene rings is 11. The Labute approximate surface area is 418 Å². The van der Waals surface area contributed by atoms with E-state index < -0.39 is 0 Å². The fourth-order valence-electron chi connectivity index (χ4n) is 10.8. The van der Waals surface area contributed by atoms with Crippen LogP contribution in [0.5, 0.6) is 0 Å². The molecule has 0 unspecified atom stereocenters. The van der Waals surface area contributed by atoms with Gasteiger partial charge < -0.3 is 9.80 Å². The lowest BCUT2D eigenvalue weighted by Crippen LogP contribution is -2.17. The minimum Gasteiger partial charge on any atom is -0.310 e. The summed E-state index contributed by atoms with van der Waals surface area (Å²) >= 11 is 0. The van der Waals surface area contributed by atoms with Crippen molar-refractivity contribution in [1.82, 2.24) is 0 Å². The molecule has 1 aliphatic carbocycles. The van der Waals surface area contributed by atoms with E-state index in [1.807, 2.05) is 0 Å². The number of anilines is 6. The number of hydrogen-bond acceptors (Lipinski definition) is 2. The SMILES string of the molecule is CC1(C)c2ccc(-c3ccccc3)cc2-c2ccc(N(c3cc(-c4c(-c5ccccc5)cccc4-c4ccccc4)cc(N(c4ccccc4)c4ccccc4)c3)c3ccccc3-c3ccccc3)cc21. The standard InChI is InChI=1S/C69H52N2/c1-69(2)65-43-40-53(49-24-9-3-10-25-49)46-64(65)63-42-41-57(48-66(63)69)71(67-39-22-21-36-60(67)50-26-11-4-12-27-50)59-45-54(44-58(47-59)70(55-32-17-7-18-33-55)56-34-19-8-20-35-56)68-61(51-28-13-5-14-29-51)37-23-38-62(68)52-30-15-6-16-31-52/h3-48H,1-2H3. The van der Waals surface area contributed by atoms with Crippen LogP contribution in [0.15, 0.2) is 279 Å². The maximum Gasteiger partial charge on any atom is 0.0540 e. The summed E-state index contributed by atoms with van der Waals surface area (Å²) in [6.07, 6.45) is 0. The summed E-state index contributed by atoms with van der Waals surface area (Å²) in [5.41, 5.74) is 23.1. The first kappa shape index (κ1) is 43.3. The van der Waals surface area contributed by atoms with Crippen LogP contribution in [0.1, 0.15) is 25.0 Å². The van der Waals surface area contributed by atoms with E-state index in [1.165, 1.54) is 50.1 Å². The van der Waals surface area contributed by atoms with Crippen molar-refractivity contribution in [2.24, 2.45) is 0 Å². The van der Waals surface area contributed by atoms with Gasteiger partial charge >= 0.3 is 0 Å². The molecule has 1 aliphatic rings. The lowest BCUT2D eigenvalue weighted by Gasteiger charge is -2.32. The highest BCUT2D eigenvalue weighted by molar-refractivity contribution is 5.99. The molecule has 0 fully saturated rings. The average Bonchev–Trinajstić information content (AvgIpc) is 3.66. The van der Waals surface area contributed by atoms with E-state index >= 15 is 0 Å². The van der Waals surface area contributed by atoms with Gasteiger partial charge in [0, 0.05) is 39.4 Å². The minimum atomic E-state index is -0.246. The van der Waals surface area contributed by atoms with Crippen molar-refractivity contribution in [2.45, 2.75) is 19.3 Å². The number of rotatable bonds is 11. The van der Waals surface area contributed by atoms with Gasteiger partial charge in [0.15, 0.2) is 0 Å². The Bertz CT molecular complexity index is 3550. The lowest BCUT2D eigenvalue weighted by atomic mass is 9.82. The molecule has 11 aromatic carbocycles. The van der Waals surface area contributed by atoms with Gasteiger partial charge in [0.25, 0.3) is 0 Å². The molecule has 71 heavy (non-hydrogen) atoms. The lowest BCUT2D eigenvalue weighted by molar-refractivity contribution is 0.660. The smallest absolute Gasteiger partial charge is 0.0540 e. The summed E-state index contributed by atoms with van der Waals surface area (Å²) in [5, 5.41) is 0. The zero-order valence-electron chi connectivity index (χ0n) is 40.0. The van der Waals surface area contributed by atoms with Crippen LogP contribution >= 0.6 is 0 Å². The average molecular weight is 909 g/mol. The molecule has 12 rings (SSSR count). The first-order valence-electron chi connectivity index (χ1n) is 24.6. The molecule has 0 saturated heterocycles. The van der Waals surface area contributed by atoms with Crippen molar-refractivity contribution in [3.63, 3.8) is 0 Å². The van der Waals surface area contributed by atoms with Crippen molar-refractivity contribution >= 4 is 34.1 Å². The molecule has 0 spiro atoms. The van der Waals surface area contributed by atoms with E-state index in [2.05, 4.69) is 303 Å². The number of hydrogen-bond donors (Lipinski definition) is 0. The Hall–Kier alpha value is -8.98. The summed E-state index contributed by atoms with van der Waals surface area (Å²) in [5.74, 6) is 0. The molecule has 2 nitrogen and oxygen atoms in total. The van der Waals surface area contributed by atoms with Crippen molar-refractivity contribution in [3.8, 4) is 66.8 Å². The van der Waals surface area contributed by atoms with E-state index in [9.17, 15) is 0 Å². The highest BCUT2D eigenvalue weighted by Crippen LogP contribution is 2.53. The molecule has 11 aromatic rings. The Balaban J connectivity index is 1.16. The number of para-hydroxylation sites is 3. The Morgan fingerprint density at radius 1 is 0.239 bits per heavy atom. The Morgan fingerprint density at radius 3 is 1.27 bits per heavy atom. The fourth-order valence-corrected chi connectivity index (χ4v) is 10.8. The molecular weight excluding hydrogens is 857 g/mol. The minimum absolute atomic E-state index is 0.246. The van der Waals surface area contributed by atoms with Gasteiger partial charge in [0.2, 0.25) is 0 Å². The predicted molar refractivity (Wildman–Crippen MR) is 301 cm³/mol. The molecule has 0 aromatic heterocycles. The molecule has 0 amide bonds. The maximum absolute atomic E-state index is 2.51. The van der Waals surface area contributed by atoms with Crippen LogP contribution in [0.4, 0.5) is 34.1 Å². The van der Waals surface area contributed by atoms with Gasteiger partial charge in [0.1, 0.15) is 0 Å². The van der Waals surface area contributed by atoms with Crippen LogP contribution in [0.2, 0.25) is 0 Å². The molecule has 0 N–H and O–H groups in total. The fraction of sp³-hybridized carbons (Fsp3) is 0.0435. The second kappa shape index (κ2) is 18.5. The van der Waals surface area contributed by atoms with Crippen LogP contribution in [-0.2, 0) is 5.41 Å². The second-order valence-corrected chi connectivity index (χ2v) is 18.9. The van der Waals surface area contributed by atoms with Gasteiger partial charge in [-0.3, -0.25) is 0 Å². The highest BCUT2D eigenvalue weighted by atomic mass is 15.2. The van der Waals surface area contributed by atoms with Gasteiger partial charge in [-0.2, -0.15) is 0 Å². The van der Waals surface area contributed by atoms with E-state index in [4.69, 9.17) is 0 Å². The molecule has 0 saturated carbocycles. The van der Waals surface area contributed by atoms with E-state index in [0.29, 0.717) is 0 Å². The van der Waals surface area contributed by atoms with Crippen molar-refractivity contribution < 1.29 is 0 Å². The van der Waals surface area contributed by atoms with Crippen molar-refractivity contribution in [3.05, 3.63) is 290 Å². The van der Waals surface area contributed by atoms with Crippen molar-refractivity contribution in [2.75, 3.05) is 9.80 Å². The third kappa shape index (κ3) is 8.10. The summed E-state index contributed by atoms with van der Waals surface area (Å²) in [6, 6.07) is 102. The summed E-state index contributed by atoms with van der Waals surface area (Å²) in [7, 11) is 0. The normalized spacial score (nSPS) is 12.2. The molecule has 0 atom stereocenters. The summed E-state index contributed by atoms with van der Waals surface area (Å²) in [6.45, 7) is 4.77. The highest BCUT2D eigenvalue weighted by Gasteiger charge is 2.36. The van der Waals surface area contributed by atoms with Crippen LogP contribution < -0.4 is 9.80 Å². The molecule has 338 valence electrons. The van der Waals surface area contributed by atoms with Crippen LogP contribution in [0.25, 0.3) is 66.8 Å². The predicted octanol–water partition coefficient (Wildman–Crippen LogP) is 19.3. The Morgan fingerprint density at radius 2 is 0.704 bits per heavy atom. The monoisotopic (exact) mass is 908 g/mol. The largest absolute Gasteiger partial charge is 0.310 e. The van der Waals surface area contributed by atoms with E-state index in [-0.39, 0.29) is 5.41 Å². The Kier molecular flexibility index (Phi) is 11.3. The van der Waals surface area contributed by atoms with Gasteiger partial charge in [-0.25, -0.2) is 0 Å². The molecule has 0 bridgehead atoms. The summed E-state index contributed by atoms with van der Waals surface area (Å²) < 4.78 is 0. The zero-order chi connectivity index (χ0) is 47.7. The van der Waals surface area contributed by atoms with Crippen LogP contribution in [0, 0.1) is 0 Å². The summed E-state index contributed by atoms with van der Waals surface area (Å²) in [4.78, 5) is 4.90. The van der Waals surface area contributed by atoms with Crippen molar-refractivity contribution in [1.29, 1.82) is 0 Å². The molecule has 2 heteroatoms. The molecular formula is C69H52N2. The number of fused-ring (bicyclic) bond motifs is 3. The zero-order valence-corrected chi connectivity index (χ0v) is 40.0. The third-order valence-electron chi connectivity index (χ3n) is 14.2. The topological polar surface area (TPSA) is 6.48 Å². The van der Waals surface area contributed by atoms with Gasteiger partial charge in [0.05, 0.1) is 5.69 Å². The number of nitrogens with zero attached hydrogens (tertiary/aromatic N) is 2. The van der Waals surface area contributed by atoms with Gasteiger partial charge in [-0.1, -0.05) is 226 Å². The van der Waals surface area contributed by atoms with Crippen LogP contribution in [-0.4, -0.2) is 0 Å². The van der Waals surface area contributed by atoms with E-state index in [0.717, 1.165) is 61.9 Å². The van der Waals surface area contributed by atoms with Gasteiger partial charge in [-0.05, 0) is 139 Å². The van der Waals surface area contributed by atoms with E-state index in [1.54, 1.807) is 0 Å². The van der Waals surface area contributed by atoms with Gasteiger partial charge in [-0.15, -0.1) is 0 Å². The maximum atomic E-state index is 2.51. The molecule has 0 heterocycles.